The molecule has 0 heterocycles. The Kier molecular flexibility index (Phi) is 47.9. The van der Waals surface area contributed by atoms with Crippen molar-refractivity contribution in [3.63, 3.8) is 0 Å². The molecule has 0 saturated heterocycles. The number of hydrogen-bond acceptors (Lipinski definition) is 6. The summed E-state index contributed by atoms with van der Waals surface area (Å²) in [7, 11) is 0. The van der Waals surface area contributed by atoms with Crippen LogP contribution in [-0.4, -0.2) is 37.2 Å². The van der Waals surface area contributed by atoms with E-state index >= 15 is 0 Å². The molecule has 0 aromatic heterocycles. The minimum Gasteiger partial charge on any atom is -0.462 e. The monoisotopic (exact) mass is 865 g/mol. The highest BCUT2D eigenvalue weighted by Gasteiger charge is 2.19. The molecule has 0 aromatic rings. The lowest BCUT2D eigenvalue weighted by Gasteiger charge is -2.18. The summed E-state index contributed by atoms with van der Waals surface area (Å²) in [5.41, 5.74) is 0. The molecule has 6 nitrogen and oxygen atoms in total. The van der Waals surface area contributed by atoms with Crippen LogP contribution in [0.1, 0.15) is 245 Å². The zero-order chi connectivity index (χ0) is 45.1. The van der Waals surface area contributed by atoms with Gasteiger partial charge in [-0.05, 0) is 103 Å². The second-order valence-corrected chi connectivity index (χ2v) is 17.0. The summed E-state index contributed by atoms with van der Waals surface area (Å²) in [6, 6.07) is 0. The number of carbonyl (C=O) groups is 3. The van der Waals surface area contributed by atoms with Gasteiger partial charge < -0.3 is 14.2 Å². The van der Waals surface area contributed by atoms with Gasteiger partial charge in [0.05, 0.1) is 0 Å². The zero-order valence-corrected chi connectivity index (χ0v) is 40.6. The van der Waals surface area contributed by atoms with Crippen LogP contribution in [0.4, 0.5) is 0 Å². The first kappa shape index (κ1) is 58.9. The standard InChI is InChI=1S/C56H96O6/c1-4-7-10-13-16-19-22-24-26-27-28-30-31-34-37-40-43-46-49-55(58)61-52-53(51-60-54(57)48-45-42-39-36-33-21-18-15-12-9-6-3)62-56(59)50-47-44-41-38-35-32-29-25-23-20-17-14-11-8-5-2/h8,11,15,17-18,20,25-27,29,35,38,53H,4-7,9-10,12-14,16,19,21-24,28,30-34,36-37,39-52H2,1-3H3/b11-8-,18-15-,20-17-,27-26-,29-25-,38-35-. The fourth-order valence-electron chi connectivity index (χ4n) is 7.00. The molecule has 1 unspecified atom stereocenters. The van der Waals surface area contributed by atoms with Crippen LogP contribution in [0.2, 0.25) is 0 Å². The Morgan fingerprint density at radius 3 is 1.08 bits per heavy atom. The minimum absolute atomic E-state index is 0.0970. The second kappa shape index (κ2) is 50.5. The fourth-order valence-corrected chi connectivity index (χ4v) is 7.00. The lowest BCUT2D eigenvalue weighted by Crippen LogP contribution is -2.30. The maximum Gasteiger partial charge on any atom is 0.306 e. The van der Waals surface area contributed by atoms with Gasteiger partial charge in [0.1, 0.15) is 13.2 Å². The molecule has 0 aliphatic rings. The fraction of sp³-hybridized carbons (Fsp3) is 0.732. The summed E-state index contributed by atoms with van der Waals surface area (Å²) >= 11 is 0. The molecule has 62 heavy (non-hydrogen) atoms. The minimum atomic E-state index is -0.801. The molecule has 0 N–H and O–H groups in total. The highest BCUT2D eigenvalue weighted by Crippen LogP contribution is 2.14. The molecule has 6 heteroatoms. The van der Waals surface area contributed by atoms with E-state index in [0.29, 0.717) is 19.3 Å². The summed E-state index contributed by atoms with van der Waals surface area (Å²) in [6.45, 7) is 6.44. The first-order valence-electron chi connectivity index (χ1n) is 25.9. The number of esters is 3. The van der Waals surface area contributed by atoms with Crippen LogP contribution >= 0.6 is 0 Å². The number of hydrogen-bond donors (Lipinski definition) is 0. The van der Waals surface area contributed by atoms with Crippen molar-refractivity contribution < 1.29 is 28.6 Å². The lowest BCUT2D eigenvalue weighted by atomic mass is 10.1. The first-order valence-corrected chi connectivity index (χ1v) is 25.9. The van der Waals surface area contributed by atoms with E-state index in [4.69, 9.17) is 14.2 Å². The number of carbonyl (C=O) groups excluding carboxylic acids is 3. The Labute approximate surface area is 382 Å². The number of allylic oxidation sites excluding steroid dienone is 12. The van der Waals surface area contributed by atoms with Crippen LogP contribution in [0.25, 0.3) is 0 Å². The maximum absolute atomic E-state index is 12.8. The molecular formula is C56H96O6. The third-order valence-electron chi connectivity index (χ3n) is 10.9. The number of unbranched alkanes of at least 4 members (excludes halogenated alkanes) is 23. The third kappa shape index (κ3) is 47.9. The second-order valence-electron chi connectivity index (χ2n) is 17.0. The van der Waals surface area contributed by atoms with Gasteiger partial charge in [-0.2, -0.15) is 0 Å². The Hall–Kier alpha value is -3.15. The van der Waals surface area contributed by atoms with Gasteiger partial charge in [0, 0.05) is 19.3 Å². The quantitative estimate of drug-likeness (QED) is 0.0262. The van der Waals surface area contributed by atoms with Crippen LogP contribution < -0.4 is 0 Å². The van der Waals surface area contributed by atoms with Crippen molar-refractivity contribution in [1.29, 1.82) is 0 Å². The van der Waals surface area contributed by atoms with Gasteiger partial charge in [-0.15, -0.1) is 0 Å². The van der Waals surface area contributed by atoms with E-state index in [1.807, 2.05) is 0 Å². The molecule has 356 valence electrons. The van der Waals surface area contributed by atoms with Crippen molar-refractivity contribution in [2.75, 3.05) is 13.2 Å². The van der Waals surface area contributed by atoms with Gasteiger partial charge >= 0.3 is 17.9 Å². The molecule has 0 spiro atoms. The molecule has 0 amide bonds. The summed E-state index contributed by atoms with van der Waals surface area (Å²) in [6.07, 6.45) is 63.2. The number of ether oxygens (including phenoxy) is 3. The van der Waals surface area contributed by atoms with Crippen molar-refractivity contribution in [2.45, 2.75) is 252 Å². The predicted molar refractivity (Wildman–Crippen MR) is 265 cm³/mol. The molecule has 0 radical (unpaired) electrons. The largest absolute Gasteiger partial charge is 0.462 e. The van der Waals surface area contributed by atoms with Gasteiger partial charge in [0.15, 0.2) is 6.10 Å². The number of rotatable bonds is 46. The topological polar surface area (TPSA) is 78.9 Å². The van der Waals surface area contributed by atoms with Crippen LogP contribution in [0.15, 0.2) is 72.9 Å². The molecule has 0 rings (SSSR count). The third-order valence-corrected chi connectivity index (χ3v) is 10.9. The summed E-state index contributed by atoms with van der Waals surface area (Å²) in [5, 5.41) is 0. The Balaban J connectivity index is 4.42. The molecule has 0 saturated carbocycles. The van der Waals surface area contributed by atoms with Gasteiger partial charge in [-0.3, -0.25) is 14.4 Å². The van der Waals surface area contributed by atoms with E-state index in [0.717, 1.165) is 89.9 Å². The predicted octanol–water partition coefficient (Wildman–Crippen LogP) is 17.0. The Bertz CT molecular complexity index is 1180. The Morgan fingerprint density at radius 1 is 0.339 bits per heavy atom. The molecule has 1 atom stereocenters. The van der Waals surface area contributed by atoms with Crippen molar-refractivity contribution in [2.24, 2.45) is 0 Å². The van der Waals surface area contributed by atoms with Gasteiger partial charge in [0.25, 0.3) is 0 Å². The van der Waals surface area contributed by atoms with E-state index in [1.165, 1.54) is 109 Å². The Morgan fingerprint density at radius 2 is 0.645 bits per heavy atom. The van der Waals surface area contributed by atoms with Crippen molar-refractivity contribution >= 4 is 17.9 Å². The van der Waals surface area contributed by atoms with Crippen LogP contribution in [0.5, 0.6) is 0 Å². The van der Waals surface area contributed by atoms with E-state index in [1.54, 1.807) is 0 Å². The van der Waals surface area contributed by atoms with Crippen LogP contribution in [-0.2, 0) is 28.6 Å². The lowest BCUT2D eigenvalue weighted by molar-refractivity contribution is -0.167. The van der Waals surface area contributed by atoms with E-state index in [9.17, 15) is 14.4 Å². The van der Waals surface area contributed by atoms with E-state index in [2.05, 4.69) is 93.7 Å². The first-order chi connectivity index (χ1) is 30.5. The molecular weight excluding hydrogens is 769 g/mol. The molecule has 0 bridgehead atoms. The maximum atomic E-state index is 12.8. The van der Waals surface area contributed by atoms with Gasteiger partial charge in [-0.1, -0.05) is 196 Å². The highest BCUT2D eigenvalue weighted by atomic mass is 16.6. The van der Waals surface area contributed by atoms with Crippen molar-refractivity contribution in [1.82, 2.24) is 0 Å². The average Bonchev–Trinajstić information content (AvgIpc) is 3.27. The van der Waals surface area contributed by atoms with Gasteiger partial charge in [-0.25, -0.2) is 0 Å². The highest BCUT2D eigenvalue weighted by molar-refractivity contribution is 5.71. The molecule has 0 aromatic carbocycles. The smallest absolute Gasteiger partial charge is 0.306 e. The summed E-state index contributed by atoms with van der Waals surface area (Å²) in [4.78, 5) is 37.9. The van der Waals surface area contributed by atoms with E-state index < -0.39 is 6.10 Å². The van der Waals surface area contributed by atoms with Gasteiger partial charge in [0.2, 0.25) is 0 Å². The van der Waals surface area contributed by atoms with Crippen LogP contribution in [0, 0.1) is 0 Å². The van der Waals surface area contributed by atoms with Crippen molar-refractivity contribution in [3.8, 4) is 0 Å². The molecule has 0 aliphatic heterocycles. The molecule has 0 fully saturated rings. The van der Waals surface area contributed by atoms with E-state index in [-0.39, 0.29) is 37.5 Å². The SMILES string of the molecule is CC/C=C\C/C=C\C/C=C\C/C=C\CCCCC(=O)OC(COC(=O)CCCCCCC/C=C\CCCC)COC(=O)CCCCCCCCC/C=C\CCCCCCCCC. The summed E-state index contributed by atoms with van der Waals surface area (Å²) in [5.74, 6) is -0.952. The molecule has 0 aliphatic carbocycles. The average molecular weight is 865 g/mol. The normalized spacial score (nSPS) is 12.6. The van der Waals surface area contributed by atoms with Crippen LogP contribution in [0.3, 0.4) is 0 Å². The summed E-state index contributed by atoms with van der Waals surface area (Å²) < 4.78 is 16.7. The van der Waals surface area contributed by atoms with Crippen molar-refractivity contribution in [3.05, 3.63) is 72.9 Å². The zero-order valence-electron chi connectivity index (χ0n) is 40.6.